The number of hydrogen-bond donors (Lipinski definition) is 0. The molecular formula is C9H10Br. The zero-order chi connectivity index (χ0) is 7.56. The van der Waals surface area contributed by atoms with Crippen LogP contribution in [0.4, 0.5) is 0 Å². The highest BCUT2D eigenvalue weighted by atomic mass is 79.9. The van der Waals surface area contributed by atoms with Crippen molar-refractivity contribution in [2.75, 3.05) is 0 Å². The molecule has 0 saturated carbocycles. The smallest absolute Gasteiger partial charge is 0.0175 e. The SMILES string of the molecule is [CH2][C@H](C)c1ccc(Br)cc1. The van der Waals surface area contributed by atoms with Crippen molar-refractivity contribution in [1.82, 2.24) is 0 Å². The Morgan fingerprint density at radius 2 is 1.80 bits per heavy atom. The highest BCUT2D eigenvalue weighted by Gasteiger charge is 1.96. The van der Waals surface area contributed by atoms with Gasteiger partial charge in [-0.25, -0.2) is 0 Å². The van der Waals surface area contributed by atoms with Gasteiger partial charge in [-0.05, 0) is 30.5 Å². The lowest BCUT2D eigenvalue weighted by Gasteiger charge is -2.02. The molecule has 0 amide bonds. The van der Waals surface area contributed by atoms with Crippen molar-refractivity contribution >= 4 is 15.9 Å². The Morgan fingerprint density at radius 3 is 2.20 bits per heavy atom. The van der Waals surface area contributed by atoms with Crippen LogP contribution in [0.2, 0.25) is 0 Å². The maximum atomic E-state index is 3.92. The van der Waals surface area contributed by atoms with Gasteiger partial charge in [-0.15, -0.1) is 0 Å². The maximum Gasteiger partial charge on any atom is 0.0175 e. The second kappa shape index (κ2) is 3.20. The molecule has 0 heterocycles. The molecule has 0 aliphatic rings. The number of halogens is 1. The van der Waals surface area contributed by atoms with E-state index < -0.39 is 0 Å². The van der Waals surface area contributed by atoms with E-state index in [2.05, 4.69) is 41.9 Å². The summed E-state index contributed by atoms with van der Waals surface area (Å²) >= 11 is 3.37. The van der Waals surface area contributed by atoms with Crippen LogP contribution in [0.3, 0.4) is 0 Å². The molecule has 0 N–H and O–H groups in total. The van der Waals surface area contributed by atoms with Crippen molar-refractivity contribution in [3.05, 3.63) is 41.2 Å². The maximum absolute atomic E-state index is 3.92. The summed E-state index contributed by atoms with van der Waals surface area (Å²) in [7, 11) is 0. The largest absolute Gasteiger partial charge is 0.0584 e. The first-order valence-electron chi connectivity index (χ1n) is 3.28. The molecule has 53 valence electrons. The molecule has 0 aromatic heterocycles. The summed E-state index contributed by atoms with van der Waals surface area (Å²) in [5.74, 6) is 0.382. The van der Waals surface area contributed by atoms with Crippen molar-refractivity contribution in [1.29, 1.82) is 0 Å². The molecule has 0 bridgehead atoms. The van der Waals surface area contributed by atoms with E-state index >= 15 is 0 Å². The fourth-order valence-electron chi connectivity index (χ4n) is 0.791. The molecule has 0 fully saturated rings. The predicted octanol–water partition coefficient (Wildman–Crippen LogP) is 3.39. The summed E-state index contributed by atoms with van der Waals surface area (Å²) in [5, 5.41) is 0. The highest BCUT2D eigenvalue weighted by molar-refractivity contribution is 9.10. The standard InChI is InChI=1S/C9H10Br/c1-7(2)8-3-5-9(10)6-4-8/h3-7H,1H2,2H3/t7-/m1/s1. The predicted molar refractivity (Wildman–Crippen MR) is 47.9 cm³/mol. The molecule has 0 unspecified atom stereocenters. The van der Waals surface area contributed by atoms with Gasteiger partial charge < -0.3 is 0 Å². The van der Waals surface area contributed by atoms with Crippen LogP contribution < -0.4 is 0 Å². The quantitative estimate of drug-likeness (QED) is 0.648. The third-order valence-corrected chi connectivity index (χ3v) is 1.97. The Morgan fingerprint density at radius 1 is 1.30 bits per heavy atom. The van der Waals surface area contributed by atoms with Gasteiger partial charge in [0.1, 0.15) is 0 Å². The fraction of sp³-hybridized carbons (Fsp3) is 0.222. The Labute approximate surface area is 70.4 Å². The molecule has 0 aliphatic heterocycles. The molecule has 1 heteroatoms. The van der Waals surface area contributed by atoms with Crippen LogP contribution in [-0.2, 0) is 0 Å². The molecule has 1 atom stereocenters. The molecule has 1 aromatic carbocycles. The second-order valence-electron chi connectivity index (χ2n) is 2.45. The Balaban J connectivity index is 2.89. The minimum atomic E-state index is 0.382. The van der Waals surface area contributed by atoms with Gasteiger partial charge in [0.15, 0.2) is 0 Å². The molecule has 0 saturated heterocycles. The van der Waals surface area contributed by atoms with E-state index in [9.17, 15) is 0 Å². The molecule has 0 nitrogen and oxygen atoms in total. The van der Waals surface area contributed by atoms with E-state index in [4.69, 9.17) is 0 Å². The zero-order valence-electron chi connectivity index (χ0n) is 5.97. The van der Waals surface area contributed by atoms with Crippen LogP contribution in [-0.4, -0.2) is 0 Å². The first-order chi connectivity index (χ1) is 4.70. The topological polar surface area (TPSA) is 0 Å². The van der Waals surface area contributed by atoms with Crippen LogP contribution in [0.25, 0.3) is 0 Å². The van der Waals surface area contributed by atoms with E-state index in [0.29, 0.717) is 5.92 Å². The van der Waals surface area contributed by atoms with E-state index in [1.807, 2.05) is 12.1 Å². The van der Waals surface area contributed by atoms with Gasteiger partial charge in [0.25, 0.3) is 0 Å². The van der Waals surface area contributed by atoms with Crippen molar-refractivity contribution < 1.29 is 0 Å². The summed E-state index contributed by atoms with van der Waals surface area (Å²) in [5.41, 5.74) is 1.28. The van der Waals surface area contributed by atoms with Gasteiger partial charge in [0.2, 0.25) is 0 Å². The van der Waals surface area contributed by atoms with Gasteiger partial charge >= 0.3 is 0 Å². The summed E-state index contributed by atoms with van der Waals surface area (Å²) in [6.45, 7) is 6.01. The van der Waals surface area contributed by atoms with Crippen LogP contribution in [0.1, 0.15) is 18.4 Å². The van der Waals surface area contributed by atoms with Gasteiger partial charge in [-0.2, -0.15) is 0 Å². The number of hydrogen-bond acceptors (Lipinski definition) is 0. The molecule has 0 spiro atoms. The van der Waals surface area contributed by atoms with Crippen molar-refractivity contribution in [3.63, 3.8) is 0 Å². The van der Waals surface area contributed by atoms with E-state index in [1.54, 1.807) is 0 Å². The van der Waals surface area contributed by atoms with Crippen LogP contribution in [0, 0.1) is 6.92 Å². The number of rotatable bonds is 1. The fourth-order valence-corrected chi connectivity index (χ4v) is 1.06. The third kappa shape index (κ3) is 1.84. The van der Waals surface area contributed by atoms with Gasteiger partial charge in [0, 0.05) is 4.47 Å². The summed E-state index contributed by atoms with van der Waals surface area (Å²) < 4.78 is 1.12. The third-order valence-electron chi connectivity index (χ3n) is 1.44. The highest BCUT2D eigenvalue weighted by Crippen LogP contribution is 2.16. The summed E-state index contributed by atoms with van der Waals surface area (Å²) in [6.07, 6.45) is 0. The zero-order valence-corrected chi connectivity index (χ0v) is 7.56. The van der Waals surface area contributed by atoms with Crippen molar-refractivity contribution in [2.45, 2.75) is 12.8 Å². The minimum absolute atomic E-state index is 0.382. The van der Waals surface area contributed by atoms with Crippen molar-refractivity contribution in [2.24, 2.45) is 0 Å². The summed E-state index contributed by atoms with van der Waals surface area (Å²) in [6, 6.07) is 8.25. The van der Waals surface area contributed by atoms with Gasteiger partial charge in [-0.3, -0.25) is 0 Å². The molecule has 10 heavy (non-hydrogen) atoms. The monoisotopic (exact) mass is 197 g/mol. The summed E-state index contributed by atoms with van der Waals surface area (Å²) in [4.78, 5) is 0. The van der Waals surface area contributed by atoms with Gasteiger partial charge in [-0.1, -0.05) is 35.0 Å². The molecular weight excluding hydrogens is 188 g/mol. The van der Waals surface area contributed by atoms with Crippen LogP contribution in [0.5, 0.6) is 0 Å². The molecule has 1 aromatic rings. The second-order valence-corrected chi connectivity index (χ2v) is 3.37. The minimum Gasteiger partial charge on any atom is -0.0584 e. The first kappa shape index (κ1) is 7.80. The van der Waals surface area contributed by atoms with E-state index in [0.717, 1.165) is 4.47 Å². The van der Waals surface area contributed by atoms with Gasteiger partial charge in [0.05, 0.1) is 0 Å². The normalized spacial score (nSPS) is 10.4. The average Bonchev–Trinajstić information content (AvgIpc) is 1.88. The molecule has 1 radical (unpaired) electrons. The lowest BCUT2D eigenvalue weighted by Crippen LogP contribution is -1.84. The Hall–Kier alpha value is -0.300. The van der Waals surface area contributed by atoms with Crippen molar-refractivity contribution in [3.8, 4) is 0 Å². The van der Waals surface area contributed by atoms with Crippen LogP contribution >= 0.6 is 15.9 Å². The lowest BCUT2D eigenvalue weighted by atomic mass is 10.0. The Bertz CT molecular complexity index is 198. The average molecular weight is 198 g/mol. The van der Waals surface area contributed by atoms with Crippen LogP contribution in [0.15, 0.2) is 28.7 Å². The lowest BCUT2D eigenvalue weighted by molar-refractivity contribution is 0.964. The number of benzene rings is 1. The molecule has 0 aliphatic carbocycles. The Kier molecular flexibility index (Phi) is 2.50. The van der Waals surface area contributed by atoms with E-state index in [1.165, 1.54) is 5.56 Å². The van der Waals surface area contributed by atoms with E-state index in [-0.39, 0.29) is 0 Å². The first-order valence-corrected chi connectivity index (χ1v) is 4.08. The molecule has 1 rings (SSSR count).